The van der Waals surface area contributed by atoms with Gasteiger partial charge in [0.2, 0.25) is 0 Å². The highest BCUT2D eigenvalue weighted by molar-refractivity contribution is 8.19. The second-order valence-corrected chi connectivity index (χ2v) is 4.77. The van der Waals surface area contributed by atoms with E-state index in [2.05, 4.69) is 0 Å². The van der Waals surface area contributed by atoms with E-state index in [1.54, 1.807) is 26.4 Å². The van der Waals surface area contributed by atoms with Crippen LogP contribution in [0.2, 0.25) is 0 Å². The van der Waals surface area contributed by atoms with E-state index in [0.29, 0.717) is 0 Å². The third kappa shape index (κ3) is 3.31. The van der Waals surface area contributed by atoms with Crippen molar-refractivity contribution in [2.24, 2.45) is 0 Å². The van der Waals surface area contributed by atoms with Crippen LogP contribution in [0.5, 0.6) is 0 Å². The second kappa shape index (κ2) is 7.00. The molecule has 0 spiro atoms. The van der Waals surface area contributed by atoms with Crippen molar-refractivity contribution in [3.63, 3.8) is 0 Å². The predicted molar refractivity (Wildman–Crippen MR) is 63.0 cm³/mol. The molecule has 0 fully saturated rings. The van der Waals surface area contributed by atoms with Crippen LogP contribution in [-0.2, 0) is 19.1 Å². The smallest absolute Gasteiger partial charge is 0.344 e. The Morgan fingerprint density at radius 1 is 1.00 bits per heavy atom. The molecular formula is C9H16O4S2. The molecule has 0 N–H and O–H groups in total. The standard InChI is InChI=1S/C9H16O4S2/c1-5-12-7(10)9(14-3,15-4)8(11)13-6-2/h5-6H2,1-4H3. The molecule has 0 aliphatic carbocycles. The van der Waals surface area contributed by atoms with Crippen molar-refractivity contribution in [3.8, 4) is 0 Å². The van der Waals surface area contributed by atoms with Crippen molar-refractivity contribution >= 4 is 35.5 Å². The van der Waals surface area contributed by atoms with Crippen LogP contribution < -0.4 is 0 Å². The molecule has 0 aromatic rings. The first-order valence-electron chi connectivity index (χ1n) is 4.53. The van der Waals surface area contributed by atoms with E-state index in [9.17, 15) is 9.59 Å². The van der Waals surface area contributed by atoms with Crippen LogP contribution in [0.15, 0.2) is 0 Å². The van der Waals surface area contributed by atoms with Gasteiger partial charge < -0.3 is 9.47 Å². The summed E-state index contributed by atoms with van der Waals surface area (Å²) in [6, 6.07) is 0. The molecule has 0 amide bonds. The Morgan fingerprint density at radius 2 is 1.33 bits per heavy atom. The fraction of sp³-hybridized carbons (Fsp3) is 0.778. The van der Waals surface area contributed by atoms with Gasteiger partial charge in [-0.25, -0.2) is 9.59 Å². The largest absolute Gasteiger partial charge is 0.464 e. The number of esters is 2. The number of carbonyl (C=O) groups is 2. The summed E-state index contributed by atoms with van der Waals surface area (Å²) in [5.74, 6) is -1.10. The molecule has 6 heteroatoms. The highest BCUT2D eigenvalue weighted by Gasteiger charge is 2.48. The Morgan fingerprint density at radius 3 is 1.53 bits per heavy atom. The Bertz CT molecular complexity index is 206. The Balaban J connectivity index is 4.86. The number of thioether (sulfide) groups is 2. The van der Waals surface area contributed by atoms with E-state index in [1.807, 2.05) is 0 Å². The van der Waals surface area contributed by atoms with Crippen LogP contribution >= 0.6 is 23.5 Å². The van der Waals surface area contributed by atoms with Gasteiger partial charge in [0.25, 0.3) is 4.08 Å². The molecule has 0 aromatic heterocycles. The predicted octanol–water partition coefficient (Wildman–Crippen LogP) is 1.53. The second-order valence-electron chi connectivity index (χ2n) is 2.47. The van der Waals surface area contributed by atoms with Gasteiger partial charge in [0.15, 0.2) is 0 Å². The monoisotopic (exact) mass is 252 g/mol. The van der Waals surface area contributed by atoms with Gasteiger partial charge in [0, 0.05) is 0 Å². The van der Waals surface area contributed by atoms with E-state index in [1.165, 1.54) is 0 Å². The maximum absolute atomic E-state index is 11.7. The number of carbonyl (C=O) groups excluding carboxylic acids is 2. The first kappa shape index (κ1) is 14.6. The van der Waals surface area contributed by atoms with Crippen LogP contribution in [0.1, 0.15) is 13.8 Å². The van der Waals surface area contributed by atoms with E-state index in [-0.39, 0.29) is 13.2 Å². The molecule has 0 atom stereocenters. The molecule has 0 aliphatic rings. The highest BCUT2D eigenvalue weighted by Crippen LogP contribution is 2.36. The van der Waals surface area contributed by atoms with Gasteiger partial charge in [-0.1, -0.05) is 0 Å². The molecular weight excluding hydrogens is 236 g/mol. The molecule has 0 radical (unpaired) electrons. The molecule has 15 heavy (non-hydrogen) atoms. The highest BCUT2D eigenvalue weighted by atomic mass is 32.2. The lowest BCUT2D eigenvalue weighted by molar-refractivity contribution is -0.154. The van der Waals surface area contributed by atoms with Gasteiger partial charge in [-0.15, -0.1) is 23.5 Å². The van der Waals surface area contributed by atoms with Gasteiger partial charge >= 0.3 is 11.9 Å². The number of hydrogen-bond donors (Lipinski definition) is 0. The zero-order valence-corrected chi connectivity index (χ0v) is 11.0. The molecule has 0 aromatic carbocycles. The summed E-state index contributed by atoms with van der Waals surface area (Å²) in [6.07, 6.45) is 3.37. The minimum Gasteiger partial charge on any atom is -0.464 e. The topological polar surface area (TPSA) is 52.6 Å². The van der Waals surface area contributed by atoms with Crippen molar-refractivity contribution < 1.29 is 19.1 Å². The van der Waals surface area contributed by atoms with Gasteiger partial charge in [-0.05, 0) is 26.4 Å². The number of ether oxygens (including phenoxy) is 2. The summed E-state index contributed by atoms with van der Waals surface area (Å²) in [5.41, 5.74) is 0. The van der Waals surface area contributed by atoms with Crippen molar-refractivity contribution in [2.45, 2.75) is 17.9 Å². The molecule has 0 saturated heterocycles. The molecule has 0 rings (SSSR count). The Hall–Kier alpha value is -0.360. The molecule has 0 heterocycles. The molecule has 4 nitrogen and oxygen atoms in total. The Kier molecular flexibility index (Phi) is 6.84. The maximum atomic E-state index is 11.7. The lowest BCUT2D eigenvalue weighted by atomic mass is 10.4. The third-order valence-corrected chi connectivity index (χ3v) is 4.48. The van der Waals surface area contributed by atoms with E-state index < -0.39 is 16.0 Å². The van der Waals surface area contributed by atoms with Gasteiger partial charge in [0.05, 0.1) is 13.2 Å². The molecule has 0 aliphatic heterocycles. The summed E-state index contributed by atoms with van der Waals surface area (Å²) in [7, 11) is 0. The van der Waals surface area contributed by atoms with Gasteiger partial charge in [-0.2, -0.15) is 0 Å². The minimum absolute atomic E-state index is 0.251. The van der Waals surface area contributed by atoms with Crippen LogP contribution in [0.4, 0.5) is 0 Å². The van der Waals surface area contributed by atoms with Crippen LogP contribution in [0.3, 0.4) is 0 Å². The van der Waals surface area contributed by atoms with Crippen molar-refractivity contribution in [1.82, 2.24) is 0 Å². The normalized spacial score (nSPS) is 10.9. The summed E-state index contributed by atoms with van der Waals surface area (Å²) >= 11 is 2.25. The van der Waals surface area contributed by atoms with Crippen LogP contribution in [-0.4, -0.2) is 41.7 Å². The average molecular weight is 252 g/mol. The summed E-state index contributed by atoms with van der Waals surface area (Å²) < 4.78 is 8.46. The van der Waals surface area contributed by atoms with Crippen molar-refractivity contribution in [2.75, 3.05) is 25.7 Å². The third-order valence-electron chi connectivity index (χ3n) is 1.66. The summed E-state index contributed by atoms with van der Waals surface area (Å²) in [6.45, 7) is 3.91. The zero-order valence-electron chi connectivity index (χ0n) is 9.36. The van der Waals surface area contributed by atoms with Crippen molar-refractivity contribution in [3.05, 3.63) is 0 Å². The lowest BCUT2D eigenvalue weighted by Crippen LogP contribution is -2.42. The number of hydrogen-bond acceptors (Lipinski definition) is 6. The fourth-order valence-electron chi connectivity index (χ4n) is 0.952. The molecule has 0 unspecified atom stereocenters. The molecule has 0 saturated carbocycles. The first-order valence-corrected chi connectivity index (χ1v) is 6.98. The van der Waals surface area contributed by atoms with Gasteiger partial charge in [-0.3, -0.25) is 0 Å². The average Bonchev–Trinajstić information content (AvgIpc) is 2.21. The van der Waals surface area contributed by atoms with Crippen LogP contribution in [0.25, 0.3) is 0 Å². The fourth-order valence-corrected chi connectivity index (χ4v) is 2.52. The quantitative estimate of drug-likeness (QED) is 0.406. The summed E-state index contributed by atoms with van der Waals surface area (Å²) in [4.78, 5) is 23.4. The molecule has 0 bridgehead atoms. The number of rotatable bonds is 6. The van der Waals surface area contributed by atoms with Gasteiger partial charge in [0.1, 0.15) is 0 Å². The SMILES string of the molecule is CCOC(=O)C(SC)(SC)C(=O)OCC. The van der Waals surface area contributed by atoms with E-state index in [0.717, 1.165) is 23.5 Å². The van der Waals surface area contributed by atoms with E-state index in [4.69, 9.17) is 9.47 Å². The Labute approximate surface area is 98.5 Å². The van der Waals surface area contributed by atoms with Crippen LogP contribution in [0, 0.1) is 0 Å². The zero-order chi connectivity index (χ0) is 11.9. The minimum atomic E-state index is -1.29. The lowest BCUT2D eigenvalue weighted by Gasteiger charge is -2.24. The van der Waals surface area contributed by atoms with E-state index >= 15 is 0 Å². The summed E-state index contributed by atoms with van der Waals surface area (Å²) in [5, 5.41) is 0. The maximum Gasteiger partial charge on any atom is 0.344 e. The van der Waals surface area contributed by atoms with Crippen molar-refractivity contribution in [1.29, 1.82) is 0 Å². The molecule has 88 valence electrons. The first-order chi connectivity index (χ1) is 7.08.